The van der Waals surface area contributed by atoms with Crippen LogP contribution in [0.5, 0.6) is 0 Å². The lowest BCUT2D eigenvalue weighted by Crippen LogP contribution is -2.80. The van der Waals surface area contributed by atoms with Gasteiger partial charge in [-0.25, -0.2) is 0 Å². The Labute approximate surface area is 89.6 Å². The second-order valence-electron chi connectivity index (χ2n) is 3.27. The van der Waals surface area contributed by atoms with Gasteiger partial charge in [-0.15, -0.1) is 0 Å². The Morgan fingerprint density at radius 2 is 1.14 bits per heavy atom. The van der Waals surface area contributed by atoms with Gasteiger partial charge in [-0.05, 0) is 32.6 Å². The molecule has 0 aliphatic heterocycles. The van der Waals surface area contributed by atoms with Gasteiger partial charge in [-0.2, -0.15) is 0 Å². The molecular formula is C9H26N4Si. The van der Waals surface area contributed by atoms with Crippen LogP contribution in [0.2, 0.25) is 0 Å². The average Bonchev–Trinajstić information content (AvgIpc) is 2.16. The highest BCUT2D eigenvalue weighted by Gasteiger charge is 2.31. The molecule has 0 aliphatic rings. The number of hydrogen-bond donors (Lipinski definition) is 4. The van der Waals surface area contributed by atoms with Gasteiger partial charge in [0.05, 0.1) is 0 Å². The third kappa shape index (κ3) is 5.07. The quantitative estimate of drug-likeness (QED) is 0.419. The standard InChI is InChI=1S/C9H26N4Si/c1-5-9-13-14(10-6-2,11-7-3)12-8-4/h10-13H,5-9H2,1-4H3. The largest absolute Gasteiger partial charge is 0.365 e. The molecule has 0 heterocycles. The first-order chi connectivity index (χ1) is 6.74. The first-order valence-corrected chi connectivity index (χ1v) is 7.74. The second-order valence-corrected chi connectivity index (χ2v) is 6.18. The van der Waals surface area contributed by atoms with Crippen molar-refractivity contribution < 1.29 is 0 Å². The summed E-state index contributed by atoms with van der Waals surface area (Å²) >= 11 is 0. The smallest absolute Gasteiger partial charge is 0.301 e. The molecule has 5 heteroatoms. The molecule has 0 saturated heterocycles. The van der Waals surface area contributed by atoms with Gasteiger partial charge in [-0.3, -0.25) is 0 Å². The van der Waals surface area contributed by atoms with Crippen LogP contribution in [0.15, 0.2) is 0 Å². The lowest BCUT2D eigenvalue weighted by Gasteiger charge is -2.33. The number of nitrogens with one attached hydrogen (secondary N) is 4. The Bertz CT molecular complexity index is 115. The second kappa shape index (κ2) is 8.37. The minimum atomic E-state index is -1.82. The Morgan fingerprint density at radius 1 is 0.714 bits per heavy atom. The fourth-order valence-electron chi connectivity index (χ4n) is 1.48. The van der Waals surface area contributed by atoms with Crippen molar-refractivity contribution in [2.24, 2.45) is 0 Å². The van der Waals surface area contributed by atoms with Gasteiger partial charge in [0.15, 0.2) is 0 Å². The molecule has 0 aromatic rings. The maximum absolute atomic E-state index is 3.59. The number of rotatable bonds is 9. The Hall–Kier alpha value is 0.0569. The lowest BCUT2D eigenvalue weighted by molar-refractivity contribution is 0.689. The summed E-state index contributed by atoms with van der Waals surface area (Å²) in [5.74, 6) is 0. The summed E-state index contributed by atoms with van der Waals surface area (Å²) in [5, 5.41) is 0. The van der Waals surface area contributed by atoms with Crippen molar-refractivity contribution in [2.75, 3.05) is 26.2 Å². The minimum absolute atomic E-state index is 0.989. The molecule has 4 nitrogen and oxygen atoms in total. The summed E-state index contributed by atoms with van der Waals surface area (Å²) in [6.07, 6.45) is 1.16. The summed E-state index contributed by atoms with van der Waals surface area (Å²) in [5.41, 5.74) is 0. The fraction of sp³-hybridized carbons (Fsp3) is 1.00. The monoisotopic (exact) mass is 218 g/mol. The van der Waals surface area contributed by atoms with E-state index in [1.807, 2.05) is 0 Å². The van der Waals surface area contributed by atoms with E-state index in [2.05, 4.69) is 47.6 Å². The van der Waals surface area contributed by atoms with Crippen LogP contribution in [0.25, 0.3) is 0 Å². The van der Waals surface area contributed by atoms with Crippen LogP contribution in [-0.4, -0.2) is 34.9 Å². The summed E-state index contributed by atoms with van der Waals surface area (Å²) in [7, 11) is -1.82. The van der Waals surface area contributed by atoms with Crippen LogP contribution in [0.3, 0.4) is 0 Å². The maximum Gasteiger partial charge on any atom is 0.365 e. The highest BCUT2D eigenvalue weighted by atomic mass is 28.4. The molecule has 0 aromatic heterocycles. The van der Waals surface area contributed by atoms with E-state index >= 15 is 0 Å². The van der Waals surface area contributed by atoms with Crippen LogP contribution in [0.1, 0.15) is 34.1 Å². The van der Waals surface area contributed by atoms with Gasteiger partial charge < -0.3 is 19.9 Å². The summed E-state index contributed by atoms with van der Waals surface area (Å²) in [6, 6.07) is 0. The van der Waals surface area contributed by atoms with E-state index in [4.69, 9.17) is 0 Å². The van der Waals surface area contributed by atoms with Gasteiger partial charge in [0.1, 0.15) is 0 Å². The van der Waals surface area contributed by atoms with E-state index in [0.29, 0.717) is 0 Å². The van der Waals surface area contributed by atoms with Crippen molar-refractivity contribution >= 4 is 8.72 Å². The fourth-order valence-corrected chi connectivity index (χ4v) is 4.45. The van der Waals surface area contributed by atoms with Crippen LogP contribution in [0, 0.1) is 0 Å². The van der Waals surface area contributed by atoms with Crippen LogP contribution in [0.4, 0.5) is 0 Å². The van der Waals surface area contributed by atoms with Gasteiger partial charge >= 0.3 is 8.72 Å². The van der Waals surface area contributed by atoms with Crippen molar-refractivity contribution in [1.29, 1.82) is 0 Å². The maximum atomic E-state index is 3.59. The molecule has 0 saturated carbocycles. The van der Waals surface area contributed by atoms with Crippen molar-refractivity contribution in [3.05, 3.63) is 0 Å². The van der Waals surface area contributed by atoms with E-state index in [1.165, 1.54) is 0 Å². The number of hydrogen-bond acceptors (Lipinski definition) is 4. The average molecular weight is 218 g/mol. The summed E-state index contributed by atoms with van der Waals surface area (Å²) < 4.78 is 0. The molecule has 4 N–H and O–H groups in total. The third-order valence-electron chi connectivity index (χ3n) is 1.97. The van der Waals surface area contributed by atoms with E-state index in [-0.39, 0.29) is 0 Å². The van der Waals surface area contributed by atoms with Gasteiger partial charge in [0.2, 0.25) is 0 Å². The van der Waals surface area contributed by atoms with Crippen LogP contribution < -0.4 is 19.9 Å². The van der Waals surface area contributed by atoms with Crippen molar-refractivity contribution in [2.45, 2.75) is 34.1 Å². The molecule has 14 heavy (non-hydrogen) atoms. The summed E-state index contributed by atoms with van der Waals surface area (Å²) in [6.45, 7) is 12.6. The first kappa shape index (κ1) is 14.1. The van der Waals surface area contributed by atoms with E-state index in [1.54, 1.807) is 0 Å². The molecule has 0 bridgehead atoms. The zero-order valence-electron chi connectivity index (χ0n) is 10.0. The molecule has 0 fully saturated rings. The summed E-state index contributed by atoms with van der Waals surface area (Å²) in [4.78, 5) is 14.2. The molecular weight excluding hydrogens is 192 g/mol. The molecule has 0 spiro atoms. The molecule has 0 radical (unpaired) electrons. The van der Waals surface area contributed by atoms with Gasteiger partial charge in [0, 0.05) is 0 Å². The van der Waals surface area contributed by atoms with Crippen LogP contribution in [-0.2, 0) is 0 Å². The molecule has 0 atom stereocenters. The van der Waals surface area contributed by atoms with E-state index < -0.39 is 8.72 Å². The molecule has 0 aliphatic carbocycles. The Kier molecular flexibility index (Phi) is 8.41. The first-order valence-electron chi connectivity index (χ1n) is 5.74. The highest BCUT2D eigenvalue weighted by molar-refractivity contribution is 6.70. The molecule has 0 unspecified atom stereocenters. The highest BCUT2D eigenvalue weighted by Crippen LogP contribution is 1.85. The zero-order valence-corrected chi connectivity index (χ0v) is 11.0. The molecule has 86 valence electrons. The van der Waals surface area contributed by atoms with Gasteiger partial charge in [0.25, 0.3) is 0 Å². The van der Waals surface area contributed by atoms with Crippen molar-refractivity contribution in [3.63, 3.8) is 0 Å². The SMILES string of the molecule is CCCN[Si](NCC)(NCC)NCC. The van der Waals surface area contributed by atoms with Crippen LogP contribution >= 0.6 is 0 Å². The van der Waals surface area contributed by atoms with Gasteiger partial charge in [-0.1, -0.05) is 27.7 Å². The topological polar surface area (TPSA) is 48.1 Å². The lowest BCUT2D eigenvalue weighted by atomic mass is 10.5. The predicted molar refractivity (Wildman–Crippen MR) is 65.1 cm³/mol. The molecule has 0 rings (SSSR count). The molecule has 0 amide bonds. The Balaban J connectivity index is 4.21. The van der Waals surface area contributed by atoms with E-state index in [0.717, 1.165) is 32.6 Å². The zero-order chi connectivity index (χ0) is 10.9. The third-order valence-corrected chi connectivity index (χ3v) is 5.40. The Morgan fingerprint density at radius 3 is 1.43 bits per heavy atom. The van der Waals surface area contributed by atoms with Crippen molar-refractivity contribution in [3.8, 4) is 0 Å². The minimum Gasteiger partial charge on any atom is -0.301 e. The normalized spacial score (nSPS) is 12.0. The molecule has 0 aromatic carbocycles. The van der Waals surface area contributed by atoms with Crippen molar-refractivity contribution in [1.82, 2.24) is 19.9 Å². The predicted octanol–water partition coefficient (Wildman–Crippen LogP) is 0.250. The van der Waals surface area contributed by atoms with E-state index in [9.17, 15) is 0 Å².